The number of amides is 1. The quantitative estimate of drug-likeness (QED) is 0.898. The van der Waals surface area contributed by atoms with E-state index in [9.17, 15) is 4.79 Å². The van der Waals surface area contributed by atoms with Gasteiger partial charge in [0.1, 0.15) is 0 Å². The second-order valence-corrected chi connectivity index (χ2v) is 6.34. The third-order valence-electron chi connectivity index (χ3n) is 4.98. The molecule has 1 heterocycles. The van der Waals surface area contributed by atoms with Gasteiger partial charge in [-0.1, -0.05) is 19.9 Å². The summed E-state index contributed by atoms with van der Waals surface area (Å²) in [5.74, 6) is 0.102. The first-order valence-corrected chi connectivity index (χ1v) is 7.12. The van der Waals surface area contributed by atoms with E-state index in [1.54, 1.807) is 13.3 Å². The lowest BCUT2D eigenvalue weighted by Crippen LogP contribution is -2.68. The van der Waals surface area contributed by atoms with Crippen molar-refractivity contribution in [3.8, 4) is 0 Å². The first kappa shape index (κ1) is 15.0. The van der Waals surface area contributed by atoms with Crippen LogP contribution in [0.25, 0.3) is 0 Å². The van der Waals surface area contributed by atoms with E-state index in [-0.39, 0.29) is 23.0 Å². The largest absolute Gasteiger partial charge is 0.378 e. The van der Waals surface area contributed by atoms with Gasteiger partial charge in [-0.15, -0.1) is 0 Å². The van der Waals surface area contributed by atoms with Crippen LogP contribution in [0.5, 0.6) is 0 Å². The van der Waals surface area contributed by atoms with Gasteiger partial charge >= 0.3 is 0 Å². The molecule has 1 saturated carbocycles. The molecule has 20 heavy (non-hydrogen) atoms. The summed E-state index contributed by atoms with van der Waals surface area (Å²) in [6.45, 7) is 6.39. The molecule has 0 bridgehead atoms. The van der Waals surface area contributed by atoms with Crippen LogP contribution in [0.2, 0.25) is 0 Å². The van der Waals surface area contributed by atoms with Gasteiger partial charge in [0, 0.05) is 37.4 Å². The molecule has 0 radical (unpaired) electrons. The third kappa shape index (κ3) is 2.70. The zero-order valence-corrected chi connectivity index (χ0v) is 12.8. The number of carbonyl (C=O) groups excluding carboxylic acids is 1. The summed E-state index contributed by atoms with van der Waals surface area (Å²) in [7, 11) is 1.74. The molecule has 1 amide bonds. The van der Waals surface area contributed by atoms with Gasteiger partial charge in [-0.25, -0.2) is 0 Å². The van der Waals surface area contributed by atoms with E-state index in [0.29, 0.717) is 6.42 Å². The third-order valence-corrected chi connectivity index (χ3v) is 4.98. The van der Waals surface area contributed by atoms with Gasteiger partial charge in [0.05, 0.1) is 5.60 Å². The molecule has 1 N–H and O–H groups in total. The van der Waals surface area contributed by atoms with Gasteiger partial charge in [0.2, 0.25) is 5.91 Å². The predicted molar refractivity (Wildman–Crippen MR) is 78.3 cm³/mol. The molecule has 1 aromatic rings. The zero-order valence-electron chi connectivity index (χ0n) is 12.8. The van der Waals surface area contributed by atoms with Crippen LogP contribution in [0.15, 0.2) is 24.5 Å². The molecule has 1 fully saturated rings. The Morgan fingerprint density at radius 2 is 2.25 bits per heavy atom. The minimum absolute atomic E-state index is 0.0360. The maximum Gasteiger partial charge on any atom is 0.220 e. The minimum atomic E-state index is -0.145. The molecule has 0 unspecified atom stereocenters. The summed E-state index contributed by atoms with van der Waals surface area (Å²) in [5, 5.41) is 3.13. The van der Waals surface area contributed by atoms with Crippen LogP contribution >= 0.6 is 0 Å². The Bertz CT molecular complexity index is 473. The van der Waals surface area contributed by atoms with Gasteiger partial charge in [0.15, 0.2) is 0 Å². The molecule has 1 aliphatic rings. The van der Waals surface area contributed by atoms with E-state index < -0.39 is 0 Å². The maximum absolute atomic E-state index is 12.0. The lowest BCUT2D eigenvalue weighted by Gasteiger charge is -2.59. The monoisotopic (exact) mass is 276 g/mol. The summed E-state index contributed by atoms with van der Waals surface area (Å²) in [6.07, 6.45) is 5.65. The van der Waals surface area contributed by atoms with E-state index in [1.807, 2.05) is 18.3 Å². The van der Waals surface area contributed by atoms with Crippen molar-refractivity contribution in [3.63, 3.8) is 0 Å². The maximum atomic E-state index is 12.0. The molecule has 2 rings (SSSR count). The fraction of sp³-hybridized carbons (Fsp3) is 0.625. The fourth-order valence-electron chi connectivity index (χ4n) is 2.79. The SMILES string of the molecule is CO[C@@]1(C)C[C@H](NC(=O)CCc2cccnc2)C1(C)C. The topological polar surface area (TPSA) is 51.2 Å². The summed E-state index contributed by atoms with van der Waals surface area (Å²) < 4.78 is 5.57. The predicted octanol–water partition coefficient (Wildman–Crippen LogP) is 2.33. The lowest BCUT2D eigenvalue weighted by atomic mass is 9.56. The average Bonchev–Trinajstić information content (AvgIpc) is 2.45. The fourth-order valence-corrected chi connectivity index (χ4v) is 2.79. The van der Waals surface area contributed by atoms with E-state index in [2.05, 4.69) is 31.1 Å². The highest BCUT2D eigenvalue weighted by Crippen LogP contribution is 2.51. The molecule has 0 saturated heterocycles. The molecule has 1 aromatic heterocycles. The molecule has 2 atom stereocenters. The van der Waals surface area contributed by atoms with E-state index >= 15 is 0 Å². The molecule has 1 aliphatic carbocycles. The highest BCUT2D eigenvalue weighted by Gasteiger charge is 2.58. The van der Waals surface area contributed by atoms with Crippen molar-refractivity contribution in [2.24, 2.45) is 5.41 Å². The number of carbonyl (C=O) groups is 1. The van der Waals surface area contributed by atoms with E-state index in [1.165, 1.54) is 0 Å². The van der Waals surface area contributed by atoms with Crippen LogP contribution in [-0.2, 0) is 16.0 Å². The first-order chi connectivity index (χ1) is 9.39. The second kappa shape index (κ2) is 5.52. The Labute approximate surface area is 120 Å². The van der Waals surface area contributed by atoms with Crippen molar-refractivity contribution in [2.75, 3.05) is 7.11 Å². The minimum Gasteiger partial charge on any atom is -0.378 e. The number of hydrogen-bond acceptors (Lipinski definition) is 3. The highest BCUT2D eigenvalue weighted by atomic mass is 16.5. The van der Waals surface area contributed by atoms with Gasteiger partial charge < -0.3 is 10.1 Å². The molecule has 4 nitrogen and oxygen atoms in total. The van der Waals surface area contributed by atoms with Crippen LogP contribution in [0.4, 0.5) is 0 Å². The Morgan fingerprint density at radius 1 is 1.50 bits per heavy atom. The second-order valence-electron chi connectivity index (χ2n) is 6.34. The molecule has 0 spiro atoms. The van der Waals surface area contributed by atoms with E-state index in [4.69, 9.17) is 4.74 Å². The number of aryl methyl sites for hydroxylation is 1. The Kier molecular flexibility index (Phi) is 4.14. The standard InChI is InChI=1S/C16H24N2O2/c1-15(2)13(10-16(15,3)20-4)18-14(19)8-7-12-6-5-9-17-11-12/h5-6,9,11,13H,7-8,10H2,1-4H3,(H,18,19)/t13-,16-/m0/s1. The van der Waals surface area contributed by atoms with Crippen LogP contribution < -0.4 is 5.32 Å². The number of aromatic nitrogens is 1. The van der Waals surface area contributed by atoms with Crippen molar-refractivity contribution >= 4 is 5.91 Å². The van der Waals surface area contributed by atoms with Crippen molar-refractivity contribution < 1.29 is 9.53 Å². The number of methoxy groups -OCH3 is 1. The average molecular weight is 276 g/mol. The summed E-state index contributed by atoms with van der Waals surface area (Å²) in [4.78, 5) is 16.1. The van der Waals surface area contributed by atoms with Crippen molar-refractivity contribution in [2.45, 2.75) is 51.7 Å². The van der Waals surface area contributed by atoms with Gasteiger partial charge in [-0.05, 0) is 31.4 Å². The zero-order chi connectivity index (χ0) is 14.8. The van der Waals surface area contributed by atoms with E-state index in [0.717, 1.165) is 18.4 Å². The van der Waals surface area contributed by atoms with Gasteiger partial charge in [-0.2, -0.15) is 0 Å². The number of ether oxygens (including phenoxy) is 1. The molecule has 110 valence electrons. The summed E-state index contributed by atoms with van der Waals surface area (Å²) in [5.41, 5.74) is 0.914. The smallest absolute Gasteiger partial charge is 0.220 e. The van der Waals surface area contributed by atoms with Crippen LogP contribution in [0, 0.1) is 5.41 Å². The van der Waals surface area contributed by atoms with Crippen LogP contribution in [0.3, 0.4) is 0 Å². The Morgan fingerprint density at radius 3 is 2.80 bits per heavy atom. The number of hydrogen-bond donors (Lipinski definition) is 1. The van der Waals surface area contributed by atoms with Crippen molar-refractivity contribution in [3.05, 3.63) is 30.1 Å². The first-order valence-electron chi connectivity index (χ1n) is 7.12. The van der Waals surface area contributed by atoms with Crippen molar-refractivity contribution in [1.29, 1.82) is 0 Å². The summed E-state index contributed by atoms with van der Waals surface area (Å²) >= 11 is 0. The molecule has 0 aliphatic heterocycles. The number of rotatable bonds is 5. The lowest BCUT2D eigenvalue weighted by molar-refractivity contribution is -0.182. The number of nitrogens with one attached hydrogen (secondary N) is 1. The molecule has 4 heteroatoms. The Hall–Kier alpha value is -1.42. The van der Waals surface area contributed by atoms with Crippen LogP contribution in [-0.4, -0.2) is 29.6 Å². The number of pyridine rings is 1. The van der Waals surface area contributed by atoms with Gasteiger partial charge in [0.25, 0.3) is 0 Å². The van der Waals surface area contributed by atoms with Crippen molar-refractivity contribution in [1.82, 2.24) is 10.3 Å². The highest BCUT2D eigenvalue weighted by molar-refractivity contribution is 5.76. The molecule has 0 aromatic carbocycles. The van der Waals surface area contributed by atoms with Crippen LogP contribution in [0.1, 0.15) is 39.2 Å². The normalized spacial score (nSPS) is 27.7. The van der Waals surface area contributed by atoms with Gasteiger partial charge in [-0.3, -0.25) is 9.78 Å². The molecular weight excluding hydrogens is 252 g/mol. The molecular formula is C16H24N2O2. The Balaban J connectivity index is 1.82. The number of nitrogens with zero attached hydrogens (tertiary/aromatic N) is 1. The summed E-state index contributed by atoms with van der Waals surface area (Å²) in [6, 6.07) is 4.08.